The largest absolute Gasteiger partial charge is 0.361 e. The molecule has 0 atom stereocenters. The lowest BCUT2D eigenvalue weighted by Crippen LogP contribution is -2.34. The molecule has 31 heavy (non-hydrogen) atoms. The van der Waals surface area contributed by atoms with E-state index in [9.17, 15) is 9.18 Å². The number of halogens is 1. The molecule has 0 unspecified atom stereocenters. The Kier molecular flexibility index (Phi) is 5.60. The molecule has 2 aliphatic heterocycles. The van der Waals surface area contributed by atoms with Crippen molar-refractivity contribution >= 4 is 22.9 Å². The van der Waals surface area contributed by atoms with Gasteiger partial charge in [-0.25, -0.2) is 4.39 Å². The summed E-state index contributed by atoms with van der Waals surface area (Å²) in [7, 11) is 0. The monoisotopic (exact) mass is 417 g/mol. The van der Waals surface area contributed by atoms with Crippen molar-refractivity contribution in [3.63, 3.8) is 0 Å². The molecule has 4 nitrogen and oxygen atoms in total. The minimum absolute atomic E-state index is 0.135. The number of carbonyl (C=O) groups excluding carboxylic acids is 1. The quantitative estimate of drug-likeness (QED) is 0.613. The van der Waals surface area contributed by atoms with Gasteiger partial charge < -0.3 is 14.8 Å². The predicted octanol–water partition coefficient (Wildman–Crippen LogP) is 5.28. The summed E-state index contributed by atoms with van der Waals surface area (Å²) < 4.78 is 14.3. The molecule has 3 aromatic rings. The van der Waals surface area contributed by atoms with Crippen LogP contribution in [0.25, 0.3) is 17.0 Å². The first-order chi connectivity index (χ1) is 15.2. The highest BCUT2D eigenvalue weighted by molar-refractivity contribution is 5.84. The SMILES string of the molecule is O=C(CCCN1CCC(c2c[nH]c3cccc(F)c23)CC1)N1C=Cc2ccccc2C1. The number of aromatic amines is 1. The van der Waals surface area contributed by atoms with Crippen LogP contribution in [-0.2, 0) is 11.3 Å². The van der Waals surface area contributed by atoms with Crippen LogP contribution in [0, 0.1) is 5.82 Å². The van der Waals surface area contributed by atoms with Crippen molar-refractivity contribution in [1.82, 2.24) is 14.8 Å². The van der Waals surface area contributed by atoms with Crippen LogP contribution in [0.1, 0.15) is 48.3 Å². The van der Waals surface area contributed by atoms with Crippen LogP contribution in [0.5, 0.6) is 0 Å². The van der Waals surface area contributed by atoms with Gasteiger partial charge in [0.15, 0.2) is 0 Å². The third-order valence-corrected chi connectivity index (χ3v) is 6.73. The Hall–Kier alpha value is -2.92. The molecule has 2 aromatic carbocycles. The number of fused-ring (bicyclic) bond motifs is 2. The minimum Gasteiger partial charge on any atom is -0.361 e. The van der Waals surface area contributed by atoms with E-state index in [1.807, 2.05) is 41.6 Å². The van der Waals surface area contributed by atoms with Crippen LogP contribution >= 0.6 is 0 Å². The number of nitrogens with zero attached hydrogens (tertiary/aromatic N) is 2. The molecule has 5 rings (SSSR count). The molecule has 0 aliphatic carbocycles. The number of carbonyl (C=O) groups is 1. The maximum absolute atomic E-state index is 14.3. The van der Waals surface area contributed by atoms with E-state index in [0.29, 0.717) is 18.9 Å². The molecule has 0 bridgehead atoms. The average molecular weight is 418 g/mol. The number of piperidine rings is 1. The highest BCUT2D eigenvalue weighted by Gasteiger charge is 2.24. The van der Waals surface area contributed by atoms with Gasteiger partial charge in [0, 0.05) is 29.7 Å². The molecular formula is C26H28FN3O. The topological polar surface area (TPSA) is 39.3 Å². The number of rotatable bonds is 5. The first-order valence-corrected chi connectivity index (χ1v) is 11.2. The molecule has 1 aromatic heterocycles. The van der Waals surface area contributed by atoms with E-state index < -0.39 is 0 Å². The fourth-order valence-corrected chi connectivity index (χ4v) is 4.97. The number of H-pyrrole nitrogens is 1. The standard InChI is InChI=1S/C26H28FN3O/c27-23-7-3-8-24-26(23)22(17-28-24)20-10-14-29(15-11-20)13-4-9-25(31)30-16-12-19-5-1-2-6-21(19)18-30/h1-3,5-8,12,16-17,20,28H,4,9-11,13-15,18H2. The zero-order valence-electron chi connectivity index (χ0n) is 17.7. The Labute approximate surface area is 182 Å². The summed E-state index contributed by atoms with van der Waals surface area (Å²) >= 11 is 0. The predicted molar refractivity (Wildman–Crippen MR) is 122 cm³/mol. The van der Waals surface area contributed by atoms with Gasteiger partial charge in [-0.05, 0) is 79.7 Å². The lowest BCUT2D eigenvalue weighted by atomic mass is 9.89. The summed E-state index contributed by atoms with van der Waals surface area (Å²) in [6.45, 7) is 3.60. The highest BCUT2D eigenvalue weighted by Crippen LogP contribution is 2.34. The van der Waals surface area contributed by atoms with Crippen molar-refractivity contribution in [1.29, 1.82) is 0 Å². The van der Waals surface area contributed by atoms with Crippen LogP contribution in [-0.4, -0.2) is 40.3 Å². The Balaban J connectivity index is 1.10. The van der Waals surface area contributed by atoms with Crippen molar-refractivity contribution in [3.05, 3.63) is 77.4 Å². The summed E-state index contributed by atoms with van der Waals surface area (Å²) in [5, 5.41) is 0.753. The molecule has 160 valence electrons. The maximum atomic E-state index is 14.3. The van der Waals surface area contributed by atoms with Gasteiger partial charge in [-0.15, -0.1) is 0 Å². The van der Waals surface area contributed by atoms with Crippen LogP contribution in [0.4, 0.5) is 4.39 Å². The Morgan fingerprint density at radius 1 is 1.10 bits per heavy atom. The zero-order chi connectivity index (χ0) is 21.2. The van der Waals surface area contributed by atoms with Gasteiger partial charge in [0.25, 0.3) is 0 Å². The van der Waals surface area contributed by atoms with Gasteiger partial charge in [0.05, 0.1) is 6.54 Å². The molecule has 0 spiro atoms. The van der Waals surface area contributed by atoms with E-state index in [4.69, 9.17) is 0 Å². The van der Waals surface area contributed by atoms with Gasteiger partial charge in [-0.1, -0.05) is 30.3 Å². The highest BCUT2D eigenvalue weighted by atomic mass is 19.1. The fraction of sp³-hybridized carbons (Fsp3) is 0.346. The summed E-state index contributed by atoms with van der Waals surface area (Å²) in [5.41, 5.74) is 4.39. The van der Waals surface area contributed by atoms with E-state index in [1.165, 1.54) is 11.1 Å². The number of hydrogen-bond donors (Lipinski definition) is 1. The third kappa shape index (κ3) is 4.15. The number of likely N-dealkylation sites (tertiary alicyclic amines) is 1. The number of hydrogen-bond acceptors (Lipinski definition) is 2. The van der Waals surface area contributed by atoms with E-state index in [0.717, 1.165) is 55.4 Å². The second-order valence-electron chi connectivity index (χ2n) is 8.66. The van der Waals surface area contributed by atoms with Crippen LogP contribution < -0.4 is 0 Å². The molecule has 5 heteroatoms. The molecule has 1 fully saturated rings. The Morgan fingerprint density at radius 3 is 2.81 bits per heavy atom. The second-order valence-corrected chi connectivity index (χ2v) is 8.66. The van der Waals surface area contributed by atoms with Gasteiger partial charge in [-0.3, -0.25) is 4.79 Å². The van der Waals surface area contributed by atoms with E-state index in [2.05, 4.69) is 22.0 Å². The summed E-state index contributed by atoms with van der Waals surface area (Å²) in [5.74, 6) is 0.445. The Morgan fingerprint density at radius 2 is 1.94 bits per heavy atom. The normalized spacial score (nSPS) is 17.3. The number of nitrogens with one attached hydrogen (secondary N) is 1. The molecule has 1 N–H and O–H groups in total. The molecule has 1 amide bonds. The van der Waals surface area contributed by atoms with Gasteiger partial charge in [0.1, 0.15) is 5.82 Å². The molecule has 2 aliphatic rings. The lowest BCUT2D eigenvalue weighted by molar-refractivity contribution is -0.129. The van der Waals surface area contributed by atoms with Crippen LogP contribution in [0.15, 0.2) is 54.9 Å². The smallest absolute Gasteiger partial charge is 0.226 e. The molecular weight excluding hydrogens is 389 g/mol. The van der Waals surface area contributed by atoms with Gasteiger partial charge >= 0.3 is 0 Å². The van der Waals surface area contributed by atoms with Crippen LogP contribution in [0.3, 0.4) is 0 Å². The summed E-state index contributed by atoms with van der Waals surface area (Å²) in [6.07, 6.45) is 9.42. The first-order valence-electron chi connectivity index (χ1n) is 11.2. The van der Waals surface area contributed by atoms with E-state index in [-0.39, 0.29) is 11.7 Å². The number of amides is 1. The summed E-state index contributed by atoms with van der Waals surface area (Å²) in [4.78, 5) is 20.1. The molecule has 1 saturated heterocycles. The molecule has 0 saturated carbocycles. The second kappa shape index (κ2) is 8.67. The number of aromatic nitrogens is 1. The average Bonchev–Trinajstić information content (AvgIpc) is 3.25. The zero-order valence-corrected chi connectivity index (χ0v) is 17.7. The maximum Gasteiger partial charge on any atom is 0.226 e. The first kappa shape index (κ1) is 20.0. The molecule has 0 radical (unpaired) electrons. The number of benzene rings is 2. The summed E-state index contributed by atoms with van der Waals surface area (Å²) in [6, 6.07) is 13.4. The lowest BCUT2D eigenvalue weighted by Gasteiger charge is -2.32. The molecule has 3 heterocycles. The van der Waals surface area contributed by atoms with Crippen molar-refractivity contribution in [3.8, 4) is 0 Å². The van der Waals surface area contributed by atoms with Crippen molar-refractivity contribution in [2.24, 2.45) is 0 Å². The van der Waals surface area contributed by atoms with Gasteiger partial charge in [-0.2, -0.15) is 0 Å². The minimum atomic E-state index is -0.135. The van der Waals surface area contributed by atoms with Crippen molar-refractivity contribution in [2.75, 3.05) is 19.6 Å². The van der Waals surface area contributed by atoms with Crippen LogP contribution in [0.2, 0.25) is 0 Å². The third-order valence-electron chi connectivity index (χ3n) is 6.73. The van der Waals surface area contributed by atoms with Gasteiger partial charge in [0.2, 0.25) is 5.91 Å². The van der Waals surface area contributed by atoms with Crippen molar-refractivity contribution < 1.29 is 9.18 Å². The van der Waals surface area contributed by atoms with E-state index >= 15 is 0 Å². The van der Waals surface area contributed by atoms with Crippen molar-refractivity contribution in [2.45, 2.75) is 38.1 Å². The van der Waals surface area contributed by atoms with E-state index in [1.54, 1.807) is 12.1 Å². The fourth-order valence-electron chi connectivity index (χ4n) is 4.97. The Bertz CT molecular complexity index is 1110.